The van der Waals surface area contributed by atoms with Crippen molar-refractivity contribution in [2.24, 2.45) is 0 Å². The van der Waals surface area contributed by atoms with Crippen molar-refractivity contribution in [2.75, 3.05) is 0 Å². The van der Waals surface area contributed by atoms with E-state index in [1.807, 2.05) is 36.5 Å². The van der Waals surface area contributed by atoms with E-state index in [4.69, 9.17) is 11.6 Å². The van der Waals surface area contributed by atoms with E-state index in [1.54, 1.807) is 11.8 Å². The number of aryl methyl sites for hydroxylation is 1. The molecule has 0 saturated heterocycles. The third-order valence-electron chi connectivity index (χ3n) is 1.99. The molecule has 0 saturated carbocycles. The van der Waals surface area contributed by atoms with Gasteiger partial charge in [-0.15, -0.1) is 0 Å². The first kappa shape index (κ1) is 10.5. The molecule has 2 rings (SSSR count). The quantitative estimate of drug-likeness (QED) is 0.774. The van der Waals surface area contributed by atoms with E-state index in [0.29, 0.717) is 0 Å². The molecule has 0 aliphatic rings. The highest BCUT2D eigenvalue weighted by atomic mass is 35.5. The SMILES string of the molecule is Cc1cccnc1Sc1ccc(Cl)cc1. The van der Waals surface area contributed by atoms with Crippen LogP contribution in [0, 0.1) is 6.92 Å². The molecule has 3 heteroatoms. The van der Waals surface area contributed by atoms with Crippen LogP contribution in [0.25, 0.3) is 0 Å². The molecule has 1 nitrogen and oxygen atoms in total. The van der Waals surface area contributed by atoms with Gasteiger partial charge in [0.15, 0.2) is 0 Å². The lowest BCUT2D eigenvalue weighted by Crippen LogP contribution is -1.83. The fraction of sp³-hybridized carbons (Fsp3) is 0.0833. The maximum Gasteiger partial charge on any atom is 0.104 e. The molecule has 0 spiro atoms. The van der Waals surface area contributed by atoms with Gasteiger partial charge in [-0.1, -0.05) is 29.4 Å². The molecule has 1 aromatic carbocycles. The Labute approximate surface area is 98.5 Å². The average Bonchev–Trinajstić information content (AvgIpc) is 2.25. The van der Waals surface area contributed by atoms with E-state index in [2.05, 4.69) is 18.0 Å². The van der Waals surface area contributed by atoms with Crippen LogP contribution in [-0.4, -0.2) is 4.98 Å². The molecule has 0 unspecified atom stereocenters. The summed E-state index contributed by atoms with van der Waals surface area (Å²) in [6.45, 7) is 2.06. The average molecular weight is 236 g/mol. The van der Waals surface area contributed by atoms with Crippen LogP contribution in [0.15, 0.2) is 52.5 Å². The second-order valence-corrected chi connectivity index (χ2v) is 4.68. The molecule has 1 aromatic heterocycles. The summed E-state index contributed by atoms with van der Waals surface area (Å²) in [4.78, 5) is 5.48. The van der Waals surface area contributed by atoms with Crippen molar-refractivity contribution in [1.82, 2.24) is 4.98 Å². The second kappa shape index (κ2) is 4.69. The molecule has 0 N–H and O–H groups in total. The first-order valence-corrected chi connectivity index (χ1v) is 5.80. The zero-order valence-electron chi connectivity index (χ0n) is 8.27. The van der Waals surface area contributed by atoms with Crippen molar-refractivity contribution in [1.29, 1.82) is 0 Å². The van der Waals surface area contributed by atoms with Gasteiger partial charge in [0.25, 0.3) is 0 Å². The highest BCUT2D eigenvalue weighted by molar-refractivity contribution is 7.99. The Morgan fingerprint density at radius 2 is 1.87 bits per heavy atom. The van der Waals surface area contributed by atoms with Crippen LogP contribution in [0.5, 0.6) is 0 Å². The molecule has 0 fully saturated rings. The second-order valence-electron chi connectivity index (χ2n) is 3.18. The number of hydrogen-bond acceptors (Lipinski definition) is 2. The van der Waals surface area contributed by atoms with Gasteiger partial charge in [-0.2, -0.15) is 0 Å². The topological polar surface area (TPSA) is 12.9 Å². The van der Waals surface area contributed by atoms with Gasteiger partial charge in [-0.25, -0.2) is 4.98 Å². The van der Waals surface area contributed by atoms with E-state index in [1.165, 1.54) is 5.56 Å². The molecule has 2 aromatic rings. The molecular weight excluding hydrogens is 226 g/mol. The summed E-state index contributed by atoms with van der Waals surface area (Å²) in [7, 11) is 0. The monoisotopic (exact) mass is 235 g/mol. The maximum absolute atomic E-state index is 5.82. The van der Waals surface area contributed by atoms with Crippen LogP contribution in [0.1, 0.15) is 5.56 Å². The van der Waals surface area contributed by atoms with E-state index >= 15 is 0 Å². The summed E-state index contributed by atoms with van der Waals surface area (Å²) in [6, 6.07) is 11.8. The van der Waals surface area contributed by atoms with Crippen LogP contribution in [-0.2, 0) is 0 Å². The van der Waals surface area contributed by atoms with Crippen molar-refractivity contribution in [3.63, 3.8) is 0 Å². The Balaban J connectivity index is 2.22. The number of benzene rings is 1. The number of rotatable bonds is 2. The van der Waals surface area contributed by atoms with Gasteiger partial charge in [0, 0.05) is 16.1 Å². The lowest BCUT2D eigenvalue weighted by atomic mass is 10.3. The number of aromatic nitrogens is 1. The number of halogens is 1. The van der Waals surface area contributed by atoms with Crippen molar-refractivity contribution in [3.05, 3.63) is 53.2 Å². The van der Waals surface area contributed by atoms with Gasteiger partial charge < -0.3 is 0 Å². The molecule has 0 bridgehead atoms. The molecular formula is C12H10ClNS. The van der Waals surface area contributed by atoms with Crippen LogP contribution < -0.4 is 0 Å². The minimum Gasteiger partial charge on any atom is -0.249 e. The summed E-state index contributed by atoms with van der Waals surface area (Å²) < 4.78 is 0. The Bertz CT molecular complexity index is 453. The Morgan fingerprint density at radius 3 is 2.53 bits per heavy atom. The minimum absolute atomic E-state index is 0.761. The number of pyridine rings is 1. The van der Waals surface area contributed by atoms with Gasteiger partial charge in [-0.3, -0.25) is 0 Å². The summed E-state index contributed by atoms with van der Waals surface area (Å²) in [5, 5.41) is 1.80. The predicted molar refractivity (Wildman–Crippen MR) is 64.5 cm³/mol. The van der Waals surface area contributed by atoms with Crippen molar-refractivity contribution in [2.45, 2.75) is 16.8 Å². The van der Waals surface area contributed by atoms with Gasteiger partial charge in [0.1, 0.15) is 5.03 Å². The molecule has 76 valence electrons. The normalized spacial score (nSPS) is 10.3. The van der Waals surface area contributed by atoms with E-state index in [-0.39, 0.29) is 0 Å². The number of nitrogens with zero attached hydrogens (tertiary/aromatic N) is 1. The van der Waals surface area contributed by atoms with Gasteiger partial charge in [0.2, 0.25) is 0 Å². The van der Waals surface area contributed by atoms with E-state index in [9.17, 15) is 0 Å². The third kappa shape index (κ3) is 2.74. The summed E-state index contributed by atoms with van der Waals surface area (Å²) in [6.07, 6.45) is 1.81. The predicted octanol–water partition coefficient (Wildman–Crippen LogP) is 4.19. The van der Waals surface area contributed by atoms with Crippen LogP contribution in [0.4, 0.5) is 0 Å². The maximum atomic E-state index is 5.82. The largest absolute Gasteiger partial charge is 0.249 e. The standard InChI is InChI=1S/C12H10ClNS/c1-9-3-2-8-14-12(9)15-11-6-4-10(13)5-7-11/h2-8H,1H3. The lowest BCUT2D eigenvalue weighted by Gasteiger charge is -2.03. The van der Waals surface area contributed by atoms with Crippen molar-refractivity contribution >= 4 is 23.4 Å². The molecule has 0 aliphatic carbocycles. The van der Waals surface area contributed by atoms with Crippen LogP contribution >= 0.6 is 23.4 Å². The zero-order valence-corrected chi connectivity index (χ0v) is 9.85. The number of hydrogen-bond donors (Lipinski definition) is 0. The van der Waals surface area contributed by atoms with E-state index in [0.717, 1.165) is 14.9 Å². The lowest BCUT2D eigenvalue weighted by molar-refractivity contribution is 1.08. The van der Waals surface area contributed by atoms with Crippen molar-refractivity contribution in [3.8, 4) is 0 Å². The minimum atomic E-state index is 0.761. The van der Waals surface area contributed by atoms with Gasteiger partial charge in [0.05, 0.1) is 0 Å². The van der Waals surface area contributed by atoms with Crippen molar-refractivity contribution < 1.29 is 0 Å². The summed E-state index contributed by atoms with van der Waals surface area (Å²) in [5.41, 5.74) is 1.19. The molecule has 1 heterocycles. The zero-order chi connectivity index (χ0) is 10.7. The first-order chi connectivity index (χ1) is 7.25. The highest BCUT2D eigenvalue weighted by Gasteiger charge is 2.01. The first-order valence-electron chi connectivity index (χ1n) is 4.61. The summed E-state index contributed by atoms with van der Waals surface area (Å²) in [5.74, 6) is 0. The Morgan fingerprint density at radius 1 is 1.13 bits per heavy atom. The smallest absolute Gasteiger partial charge is 0.104 e. The molecule has 0 amide bonds. The molecule has 0 radical (unpaired) electrons. The molecule has 0 atom stereocenters. The fourth-order valence-corrected chi connectivity index (χ4v) is 2.16. The van der Waals surface area contributed by atoms with Gasteiger partial charge in [-0.05, 0) is 42.8 Å². The Kier molecular flexibility index (Phi) is 3.29. The highest BCUT2D eigenvalue weighted by Crippen LogP contribution is 2.28. The Hall–Kier alpha value is -0.990. The van der Waals surface area contributed by atoms with Crippen LogP contribution in [0.2, 0.25) is 5.02 Å². The molecule has 0 aliphatic heterocycles. The molecule has 15 heavy (non-hydrogen) atoms. The van der Waals surface area contributed by atoms with Crippen LogP contribution in [0.3, 0.4) is 0 Å². The van der Waals surface area contributed by atoms with E-state index < -0.39 is 0 Å². The fourth-order valence-electron chi connectivity index (χ4n) is 1.19. The third-order valence-corrected chi connectivity index (χ3v) is 3.37. The van der Waals surface area contributed by atoms with Gasteiger partial charge >= 0.3 is 0 Å². The summed E-state index contributed by atoms with van der Waals surface area (Å²) >= 11 is 7.47.